The molecule has 1 atom stereocenters. The number of anilines is 9. The van der Waals surface area contributed by atoms with Crippen LogP contribution in [0.1, 0.15) is 16.7 Å². The molecule has 4 nitrogen and oxygen atoms in total. The van der Waals surface area contributed by atoms with E-state index in [2.05, 4.69) is 288 Å². The maximum atomic E-state index is 7.61. The van der Waals surface area contributed by atoms with E-state index in [0.29, 0.717) is 0 Å². The number of benzene rings is 10. The molecule has 0 fully saturated rings. The molecule has 0 amide bonds. The third-order valence-corrected chi connectivity index (χ3v) is 12.2. The van der Waals surface area contributed by atoms with Gasteiger partial charge >= 0.3 is 0 Å². The average Bonchev–Trinajstić information content (AvgIpc) is 3.39. The van der Waals surface area contributed by atoms with Crippen molar-refractivity contribution in [3.05, 3.63) is 290 Å². The van der Waals surface area contributed by atoms with Gasteiger partial charge in [0.25, 0.3) is 0 Å². The number of rotatable bonds is 11. The molecule has 1 aliphatic rings. The van der Waals surface area contributed by atoms with Crippen molar-refractivity contribution in [2.45, 2.75) is 5.60 Å². The molecule has 0 radical (unpaired) electrons. The number of hydrogen-bond acceptors (Lipinski definition) is 4. The molecule has 11 rings (SSSR count). The molecule has 0 aromatic heterocycles. The highest BCUT2D eigenvalue weighted by Crippen LogP contribution is 2.53. The lowest BCUT2D eigenvalue weighted by atomic mass is 9.75. The average molecular weight is 836 g/mol. The van der Waals surface area contributed by atoms with Crippen LogP contribution in [0, 0.1) is 0 Å². The van der Waals surface area contributed by atoms with Crippen molar-refractivity contribution in [3.63, 3.8) is 0 Å². The normalized spacial score (nSPS) is 13.7. The summed E-state index contributed by atoms with van der Waals surface area (Å²) in [4.78, 5) is 6.89. The van der Waals surface area contributed by atoms with E-state index in [-0.39, 0.29) is 0 Å². The van der Waals surface area contributed by atoms with Gasteiger partial charge in [0.1, 0.15) is 5.75 Å². The van der Waals surface area contributed by atoms with Crippen molar-refractivity contribution in [1.29, 1.82) is 0 Å². The maximum Gasteiger partial charge on any atom is 0.185 e. The third kappa shape index (κ3) is 7.37. The lowest BCUT2D eigenvalue weighted by Gasteiger charge is -2.42. The second-order valence-electron chi connectivity index (χ2n) is 16.1. The topological polar surface area (TPSA) is 19.0 Å². The Morgan fingerprint density at radius 1 is 0.246 bits per heavy atom. The van der Waals surface area contributed by atoms with E-state index < -0.39 is 5.60 Å². The number of para-hydroxylation sites is 5. The monoisotopic (exact) mass is 835 g/mol. The van der Waals surface area contributed by atoms with Crippen molar-refractivity contribution < 1.29 is 4.74 Å². The number of hydrogen-bond donors (Lipinski definition) is 0. The minimum absolute atomic E-state index is 0.817. The minimum atomic E-state index is -0.954. The molecule has 0 aliphatic carbocycles. The Balaban J connectivity index is 1.02. The highest BCUT2D eigenvalue weighted by Gasteiger charge is 2.44. The fourth-order valence-electron chi connectivity index (χ4n) is 9.29. The molecular formula is C61H45N3O. The van der Waals surface area contributed by atoms with E-state index in [1.54, 1.807) is 0 Å². The van der Waals surface area contributed by atoms with Crippen molar-refractivity contribution in [1.82, 2.24) is 0 Å². The highest BCUT2D eigenvalue weighted by molar-refractivity contribution is 5.86. The fourth-order valence-corrected chi connectivity index (χ4v) is 9.29. The summed E-state index contributed by atoms with van der Waals surface area (Å²) in [5.41, 5.74) is 14.0. The van der Waals surface area contributed by atoms with Gasteiger partial charge in [0.2, 0.25) is 0 Å². The van der Waals surface area contributed by atoms with Gasteiger partial charge in [-0.3, -0.25) is 0 Å². The summed E-state index contributed by atoms with van der Waals surface area (Å²) in [5.74, 6) is 0.817. The van der Waals surface area contributed by atoms with Crippen LogP contribution in [-0.2, 0) is 5.60 Å². The summed E-state index contributed by atoms with van der Waals surface area (Å²) in [5, 5.41) is 0. The quantitative estimate of drug-likeness (QED) is 0.129. The van der Waals surface area contributed by atoms with Crippen LogP contribution in [0.25, 0.3) is 11.1 Å². The lowest BCUT2D eigenvalue weighted by Crippen LogP contribution is -2.38. The number of fused-ring (bicyclic) bond motifs is 3. The molecule has 1 unspecified atom stereocenters. The maximum absolute atomic E-state index is 7.61. The first-order chi connectivity index (χ1) is 32.2. The molecule has 0 saturated heterocycles. The van der Waals surface area contributed by atoms with E-state index in [1.165, 1.54) is 0 Å². The Hall–Kier alpha value is -8.60. The van der Waals surface area contributed by atoms with Gasteiger partial charge in [-0.15, -0.1) is 0 Å². The minimum Gasteiger partial charge on any atom is -0.472 e. The van der Waals surface area contributed by atoms with Gasteiger partial charge in [-0.05, 0) is 115 Å². The Labute approximate surface area is 381 Å². The first-order valence-corrected chi connectivity index (χ1v) is 22.1. The second kappa shape index (κ2) is 17.3. The Morgan fingerprint density at radius 3 is 0.985 bits per heavy atom. The first kappa shape index (κ1) is 39.3. The summed E-state index contributed by atoms with van der Waals surface area (Å²) in [6.45, 7) is 0. The van der Waals surface area contributed by atoms with Crippen LogP contribution in [0.5, 0.6) is 5.75 Å². The second-order valence-corrected chi connectivity index (χ2v) is 16.1. The number of nitrogens with zero attached hydrogens (tertiary/aromatic N) is 3. The van der Waals surface area contributed by atoms with Crippen LogP contribution in [0.4, 0.5) is 51.2 Å². The zero-order chi connectivity index (χ0) is 43.4. The molecule has 0 spiro atoms. The highest BCUT2D eigenvalue weighted by atomic mass is 16.5. The lowest BCUT2D eigenvalue weighted by molar-refractivity contribution is 0.152. The van der Waals surface area contributed by atoms with Gasteiger partial charge < -0.3 is 19.4 Å². The predicted octanol–water partition coefficient (Wildman–Crippen LogP) is 16.4. The summed E-state index contributed by atoms with van der Waals surface area (Å²) in [6, 6.07) is 96.4. The molecule has 310 valence electrons. The van der Waals surface area contributed by atoms with Gasteiger partial charge in [0.15, 0.2) is 5.60 Å². The molecule has 4 heteroatoms. The van der Waals surface area contributed by atoms with Crippen LogP contribution < -0.4 is 19.4 Å². The molecule has 1 heterocycles. The van der Waals surface area contributed by atoms with Crippen molar-refractivity contribution in [2.24, 2.45) is 0 Å². The fraction of sp³-hybridized carbons (Fsp3) is 0.0164. The molecule has 0 bridgehead atoms. The summed E-state index contributed by atoms with van der Waals surface area (Å²) < 4.78 is 7.61. The zero-order valence-corrected chi connectivity index (χ0v) is 35.7. The van der Waals surface area contributed by atoms with Crippen LogP contribution in [-0.4, -0.2) is 0 Å². The van der Waals surface area contributed by atoms with Crippen LogP contribution in [0.15, 0.2) is 273 Å². The Morgan fingerprint density at radius 2 is 0.554 bits per heavy atom. The largest absolute Gasteiger partial charge is 0.472 e. The van der Waals surface area contributed by atoms with Gasteiger partial charge in [0.05, 0.1) is 0 Å². The molecule has 0 saturated carbocycles. The molecule has 0 N–H and O–H groups in total. The molecule has 10 aromatic rings. The van der Waals surface area contributed by atoms with E-state index >= 15 is 0 Å². The van der Waals surface area contributed by atoms with Crippen LogP contribution >= 0.6 is 0 Å². The van der Waals surface area contributed by atoms with Gasteiger partial charge in [-0.25, -0.2) is 0 Å². The molecule has 10 aromatic carbocycles. The Kier molecular flexibility index (Phi) is 10.4. The predicted molar refractivity (Wildman–Crippen MR) is 269 cm³/mol. The summed E-state index contributed by atoms with van der Waals surface area (Å²) in [6.07, 6.45) is 0. The first-order valence-electron chi connectivity index (χ1n) is 22.1. The summed E-state index contributed by atoms with van der Waals surface area (Å²) in [7, 11) is 0. The third-order valence-electron chi connectivity index (χ3n) is 12.2. The van der Waals surface area contributed by atoms with Crippen molar-refractivity contribution in [2.75, 3.05) is 14.7 Å². The van der Waals surface area contributed by atoms with Gasteiger partial charge in [0, 0.05) is 79.5 Å². The zero-order valence-electron chi connectivity index (χ0n) is 35.7. The van der Waals surface area contributed by atoms with E-state index in [4.69, 9.17) is 4.74 Å². The molecular weight excluding hydrogens is 791 g/mol. The Bertz CT molecular complexity index is 3070. The number of ether oxygens (including phenoxy) is 1. The van der Waals surface area contributed by atoms with Gasteiger partial charge in [-0.1, -0.05) is 158 Å². The molecule has 65 heavy (non-hydrogen) atoms. The smallest absolute Gasteiger partial charge is 0.185 e. The van der Waals surface area contributed by atoms with E-state index in [9.17, 15) is 0 Å². The van der Waals surface area contributed by atoms with Crippen LogP contribution in [0.3, 0.4) is 0 Å². The van der Waals surface area contributed by atoms with Crippen LogP contribution in [0.2, 0.25) is 0 Å². The van der Waals surface area contributed by atoms with Crippen molar-refractivity contribution >= 4 is 51.2 Å². The van der Waals surface area contributed by atoms with Crippen molar-refractivity contribution in [3.8, 4) is 16.9 Å². The SMILES string of the molecule is c1ccc(N(c2ccccc2)c2ccc(N(c3ccccc3)c3ccc(C4(c5ccccc5)Oc5cc(N(c6ccccc6)c6ccccc6)ccc5-c5ccccc54)cc3)cc2)cc1. The van der Waals surface area contributed by atoms with E-state index in [0.717, 1.165) is 84.8 Å². The summed E-state index contributed by atoms with van der Waals surface area (Å²) >= 11 is 0. The standard InChI is InChI=1S/C61H45N3O/c1-7-21-46(22-8-1)61(59-34-20-19-33-57(59)58-44-43-56(45-60(58)65-61)64(51-29-15-5-16-30-51)52-31-17-6-18-32-52)47-35-37-53(38-36-47)63(50-27-13-4-14-28-50)55-41-39-54(40-42-55)62(48-23-9-2-10-24-48)49-25-11-3-12-26-49/h1-45H. The van der Waals surface area contributed by atoms with Gasteiger partial charge in [-0.2, -0.15) is 0 Å². The molecule has 1 aliphatic heterocycles. The van der Waals surface area contributed by atoms with E-state index in [1.807, 2.05) is 0 Å².